The highest BCUT2D eigenvalue weighted by Crippen LogP contribution is 2.50. The first-order chi connectivity index (χ1) is 20.4. The molecule has 224 valence electrons. The Morgan fingerprint density at radius 1 is 1.09 bits per heavy atom. The van der Waals surface area contributed by atoms with Gasteiger partial charge in [0, 0.05) is 37.1 Å². The van der Waals surface area contributed by atoms with E-state index in [0.29, 0.717) is 18.5 Å². The summed E-state index contributed by atoms with van der Waals surface area (Å²) in [7, 11) is -1.87. The van der Waals surface area contributed by atoms with Gasteiger partial charge in [-0.1, -0.05) is 49.7 Å². The van der Waals surface area contributed by atoms with Crippen molar-refractivity contribution in [2.45, 2.75) is 68.8 Å². The number of halogens is 1. The summed E-state index contributed by atoms with van der Waals surface area (Å²) in [5.74, 6) is 0.219. The van der Waals surface area contributed by atoms with Crippen molar-refractivity contribution in [3.05, 3.63) is 113 Å². The van der Waals surface area contributed by atoms with E-state index in [2.05, 4.69) is 23.6 Å². The Labute approximate surface area is 252 Å². The summed E-state index contributed by atoms with van der Waals surface area (Å²) in [6.45, 7) is 6.54. The molecule has 1 N–H and O–H groups in total. The molecular formula is C34H37FN4O3S. The standard InChI is InChI=1S/C34H37FN4O3S/c1-22-5-12-26(13-6-22)43(41,42)37-31-15-16-34(2,3)30-14-11-25(19-29(30)31)39(21-32-36-17-18-38(32)4)33(40)28-20-27(28)23-7-9-24(35)10-8-23/h5-14,17-19,27-28,31,37H,15-16,20-21H2,1-4H3/t27-,28+,31-/m1/s1. The summed E-state index contributed by atoms with van der Waals surface area (Å²) in [4.78, 5) is 20.6. The van der Waals surface area contributed by atoms with Gasteiger partial charge in [0.1, 0.15) is 11.6 Å². The van der Waals surface area contributed by atoms with Crippen molar-refractivity contribution in [1.29, 1.82) is 0 Å². The minimum atomic E-state index is -3.77. The number of aryl methyl sites for hydroxylation is 2. The zero-order chi connectivity index (χ0) is 30.5. The minimum Gasteiger partial charge on any atom is -0.337 e. The van der Waals surface area contributed by atoms with E-state index in [1.54, 1.807) is 47.5 Å². The molecule has 2 aliphatic carbocycles. The molecule has 9 heteroatoms. The average Bonchev–Trinajstić information content (AvgIpc) is 3.67. The number of hydrogen-bond donors (Lipinski definition) is 1. The maximum absolute atomic E-state index is 14.1. The lowest BCUT2D eigenvalue weighted by atomic mass is 9.71. The number of sulfonamides is 1. The highest BCUT2D eigenvalue weighted by molar-refractivity contribution is 7.89. The van der Waals surface area contributed by atoms with Crippen LogP contribution in [0.4, 0.5) is 10.1 Å². The summed E-state index contributed by atoms with van der Waals surface area (Å²) in [5, 5.41) is 0. The molecule has 0 aliphatic heterocycles. The first-order valence-corrected chi connectivity index (χ1v) is 16.2. The minimum absolute atomic E-state index is 0.0240. The van der Waals surface area contributed by atoms with E-state index in [0.717, 1.165) is 34.5 Å². The Balaban J connectivity index is 1.35. The lowest BCUT2D eigenvalue weighted by Crippen LogP contribution is -2.37. The summed E-state index contributed by atoms with van der Waals surface area (Å²) in [5.41, 5.74) is 4.44. The molecule has 4 aromatic rings. The van der Waals surface area contributed by atoms with Crippen LogP contribution in [0.25, 0.3) is 0 Å². The van der Waals surface area contributed by atoms with Gasteiger partial charge in [-0.25, -0.2) is 22.5 Å². The highest BCUT2D eigenvalue weighted by atomic mass is 32.2. The van der Waals surface area contributed by atoms with Gasteiger partial charge in [-0.15, -0.1) is 0 Å². The summed E-state index contributed by atoms with van der Waals surface area (Å²) < 4.78 is 45.3. The van der Waals surface area contributed by atoms with Crippen LogP contribution >= 0.6 is 0 Å². The van der Waals surface area contributed by atoms with E-state index in [9.17, 15) is 17.6 Å². The highest BCUT2D eigenvalue weighted by Gasteiger charge is 2.46. The fourth-order valence-electron chi connectivity index (χ4n) is 6.25. The lowest BCUT2D eigenvalue weighted by molar-refractivity contribution is -0.120. The van der Waals surface area contributed by atoms with E-state index in [4.69, 9.17) is 0 Å². The first kappa shape index (κ1) is 29.3. The topological polar surface area (TPSA) is 84.3 Å². The van der Waals surface area contributed by atoms with E-state index in [1.807, 2.05) is 42.9 Å². The number of nitrogens with zero attached hydrogens (tertiary/aromatic N) is 3. The molecule has 0 bridgehead atoms. The van der Waals surface area contributed by atoms with Crippen molar-refractivity contribution in [2.75, 3.05) is 4.90 Å². The van der Waals surface area contributed by atoms with Crippen LogP contribution in [0.3, 0.4) is 0 Å². The Bertz CT molecular complexity index is 1760. The van der Waals surface area contributed by atoms with Crippen LogP contribution in [0.2, 0.25) is 0 Å². The molecule has 1 saturated carbocycles. The second kappa shape index (κ2) is 11.0. The number of amides is 1. The Morgan fingerprint density at radius 3 is 2.49 bits per heavy atom. The zero-order valence-corrected chi connectivity index (χ0v) is 25.7. The number of carbonyl (C=O) groups is 1. The third kappa shape index (κ3) is 5.88. The fraction of sp³-hybridized carbons (Fsp3) is 0.353. The largest absolute Gasteiger partial charge is 0.337 e. The van der Waals surface area contributed by atoms with Gasteiger partial charge in [0.05, 0.1) is 11.4 Å². The smallest absolute Gasteiger partial charge is 0.241 e. The SMILES string of the molecule is Cc1ccc(S(=O)(=O)N[C@@H]2CCC(C)(C)c3ccc(N(Cc4nccn4C)C(=O)[C@H]4C[C@@H]4c4ccc(F)cc4)cc32)cc1. The zero-order valence-electron chi connectivity index (χ0n) is 24.9. The van der Waals surface area contributed by atoms with Crippen LogP contribution in [0.1, 0.15) is 73.1 Å². The fourth-order valence-corrected chi connectivity index (χ4v) is 7.50. The number of carbonyl (C=O) groups excluding carboxylic acids is 1. The van der Waals surface area contributed by atoms with E-state index < -0.39 is 16.1 Å². The van der Waals surface area contributed by atoms with Crippen molar-refractivity contribution < 1.29 is 17.6 Å². The molecule has 6 rings (SSSR count). The quantitative estimate of drug-likeness (QED) is 0.258. The summed E-state index contributed by atoms with van der Waals surface area (Å²) in [6.07, 6.45) is 5.71. The number of hydrogen-bond acceptors (Lipinski definition) is 4. The van der Waals surface area contributed by atoms with Crippen molar-refractivity contribution in [3.8, 4) is 0 Å². The molecule has 1 amide bonds. The molecular weight excluding hydrogens is 563 g/mol. The molecule has 0 unspecified atom stereocenters. The van der Waals surface area contributed by atoms with Crippen molar-refractivity contribution in [1.82, 2.24) is 14.3 Å². The second-order valence-electron chi connectivity index (χ2n) is 12.6. The van der Waals surface area contributed by atoms with Crippen molar-refractivity contribution >= 4 is 21.6 Å². The van der Waals surface area contributed by atoms with Gasteiger partial charge >= 0.3 is 0 Å². The van der Waals surface area contributed by atoms with Gasteiger partial charge in [0.25, 0.3) is 0 Å². The first-order valence-electron chi connectivity index (χ1n) is 14.7. The lowest BCUT2D eigenvalue weighted by Gasteiger charge is -2.38. The van der Waals surface area contributed by atoms with E-state index in [-0.39, 0.29) is 40.4 Å². The van der Waals surface area contributed by atoms with E-state index in [1.165, 1.54) is 12.1 Å². The van der Waals surface area contributed by atoms with Crippen LogP contribution in [0.5, 0.6) is 0 Å². The predicted octanol–water partition coefficient (Wildman–Crippen LogP) is 6.30. The molecule has 1 fully saturated rings. The number of imidazole rings is 1. The molecule has 0 saturated heterocycles. The monoisotopic (exact) mass is 600 g/mol. The van der Waals surface area contributed by atoms with Gasteiger partial charge in [-0.3, -0.25) is 4.79 Å². The molecule has 1 heterocycles. The van der Waals surface area contributed by atoms with Gasteiger partial charge in [-0.05, 0) is 90.6 Å². The van der Waals surface area contributed by atoms with Gasteiger partial charge in [0.15, 0.2) is 0 Å². The maximum Gasteiger partial charge on any atom is 0.241 e. The number of aromatic nitrogens is 2. The van der Waals surface area contributed by atoms with Crippen LogP contribution in [-0.4, -0.2) is 23.9 Å². The molecule has 43 heavy (non-hydrogen) atoms. The predicted molar refractivity (Wildman–Crippen MR) is 165 cm³/mol. The van der Waals surface area contributed by atoms with Gasteiger partial charge < -0.3 is 9.47 Å². The Hall–Kier alpha value is -3.82. The maximum atomic E-state index is 14.1. The molecule has 3 aromatic carbocycles. The number of nitrogens with one attached hydrogen (secondary N) is 1. The third-order valence-corrected chi connectivity index (χ3v) is 10.5. The molecule has 1 aromatic heterocycles. The normalized spacial score (nSPS) is 20.8. The van der Waals surface area contributed by atoms with Crippen LogP contribution in [-0.2, 0) is 33.8 Å². The molecule has 2 aliphatic rings. The van der Waals surface area contributed by atoms with Crippen LogP contribution in [0.15, 0.2) is 84.0 Å². The number of benzene rings is 3. The van der Waals surface area contributed by atoms with Gasteiger partial charge in [0.2, 0.25) is 15.9 Å². The number of anilines is 1. The van der Waals surface area contributed by atoms with Crippen molar-refractivity contribution in [2.24, 2.45) is 13.0 Å². The summed E-state index contributed by atoms with van der Waals surface area (Å²) >= 11 is 0. The second-order valence-corrected chi connectivity index (χ2v) is 14.3. The third-order valence-electron chi connectivity index (χ3n) is 9.03. The Kier molecular flexibility index (Phi) is 7.50. The number of rotatable bonds is 8. The number of fused-ring (bicyclic) bond motifs is 1. The summed E-state index contributed by atoms with van der Waals surface area (Å²) in [6, 6.07) is 18.8. The Morgan fingerprint density at radius 2 is 1.81 bits per heavy atom. The molecule has 7 nitrogen and oxygen atoms in total. The van der Waals surface area contributed by atoms with E-state index >= 15 is 0 Å². The average molecular weight is 601 g/mol. The van der Waals surface area contributed by atoms with Crippen LogP contribution < -0.4 is 9.62 Å². The molecule has 0 radical (unpaired) electrons. The molecule has 0 spiro atoms. The van der Waals surface area contributed by atoms with Crippen LogP contribution in [0, 0.1) is 18.7 Å². The van der Waals surface area contributed by atoms with Gasteiger partial charge in [-0.2, -0.15) is 0 Å². The van der Waals surface area contributed by atoms with Crippen molar-refractivity contribution in [3.63, 3.8) is 0 Å². The molecule has 3 atom stereocenters.